The second-order valence-corrected chi connectivity index (χ2v) is 6.09. The van der Waals surface area contributed by atoms with Crippen LogP contribution in [0.4, 0.5) is 14.5 Å². The summed E-state index contributed by atoms with van der Waals surface area (Å²) in [5, 5.41) is 2.42. The van der Waals surface area contributed by atoms with Crippen molar-refractivity contribution < 1.29 is 27.8 Å². The van der Waals surface area contributed by atoms with Crippen LogP contribution in [0.25, 0.3) is 0 Å². The van der Waals surface area contributed by atoms with E-state index in [-0.39, 0.29) is 31.5 Å². The number of carbonyl (C=O) groups is 2. The number of hydrogen-bond acceptors (Lipinski definition) is 4. The molecule has 0 radical (unpaired) electrons. The van der Waals surface area contributed by atoms with Gasteiger partial charge in [0, 0.05) is 24.7 Å². The number of amides is 2. The third-order valence-electron chi connectivity index (χ3n) is 4.35. The molecule has 0 saturated carbocycles. The lowest BCUT2D eigenvalue weighted by Crippen LogP contribution is -2.54. The summed E-state index contributed by atoms with van der Waals surface area (Å²) in [5.74, 6) is -1.54. The van der Waals surface area contributed by atoms with E-state index in [0.29, 0.717) is 23.1 Å². The highest BCUT2D eigenvalue weighted by atomic mass is 19.1. The lowest BCUT2D eigenvalue weighted by atomic mass is 9.97. The van der Waals surface area contributed by atoms with E-state index in [2.05, 4.69) is 5.32 Å². The highest BCUT2D eigenvalue weighted by Crippen LogP contribution is 2.33. The van der Waals surface area contributed by atoms with Gasteiger partial charge in [-0.05, 0) is 30.3 Å². The van der Waals surface area contributed by atoms with Crippen LogP contribution in [-0.2, 0) is 4.79 Å². The first-order valence-electron chi connectivity index (χ1n) is 7.96. The minimum Gasteiger partial charge on any atom is -0.454 e. The molecular formula is C18H14F2N2O4. The highest BCUT2D eigenvalue weighted by Gasteiger charge is 2.36. The van der Waals surface area contributed by atoms with Gasteiger partial charge in [-0.1, -0.05) is 0 Å². The largest absolute Gasteiger partial charge is 0.454 e. The zero-order chi connectivity index (χ0) is 18.3. The van der Waals surface area contributed by atoms with Gasteiger partial charge in [-0.2, -0.15) is 0 Å². The topological polar surface area (TPSA) is 67.9 Å². The van der Waals surface area contributed by atoms with E-state index in [9.17, 15) is 18.4 Å². The van der Waals surface area contributed by atoms with Crippen molar-refractivity contribution in [3.63, 3.8) is 0 Å². The van der Waals surface area contributed by atoms with Crippen LogP contribution in [0.15, 0.2) is 36.4 Å². The second kappa shape index (κ2) is 6.29. The van der Waals surface area contributed by atoms with Gasteiger partial charge in [-0.25, -0.2) is 8.78 Å². The van der Waals surface area contributed by atoms with Crippen molar-refractivity contribution >= 4 is 17.5 Å². The molecule has 4 rings (SSSR count). The van der Waals surface area contributed by atoms with E-state index in [0.717, 1.165) is 12.1 Å². The number of fused-ring (bicyclic) bond motifs is 1. The van der Waals surface area contributed by atoms with Gasteiger partial charge < -0.3 is 19.7 Å². The van der Waals surface area contributed by atoms with Gasteiger partial charge in [0.05, 0.1) is 11.6 Å². The van der Waals surface area contributed by atoms with E-state index in [1.54, 1.807) is 18.2 Å². The Balaban J connectivity index is 1.36. The van der Waals surface area contributed by atoms with Crippen molar-refractivity contribution in [2.75, 3.05) is 25.2 Å². The van der Waals surface area contributed by atoms with Gasteiger partial charge in [-0.15, -0.1) is 0 Å². The third kappa shape index (κ3) is 2.94. The first kappa shape index (κ1) is 16.3. The molecule has 0 aliphatic carbocycles. The van der Waals surface area contributed by atoms with Gasteiger partial charge in [-0.3, -0.25) is 9.59 Å². The van der Waals surface area contributed by atoms with Crippen LogP contribution in [0.1, 0.15) is 10.4 Å². The Morgan fingerprint density at radius 1 is 1.04 bits per heavy atom. The number of nitrogens with zero attached hydrogens (tertiary/aromatic N) is 1. The first-order chi connectivity index (χ1) is 12.5. The predicted molar refractivity (Wildman–Crippen MR) is 86.9 cm³/mol. The molecule has 2 aliphatic heterocycles. The van der Waals surface area contributed by atoms with E-state index < -0.39 is 23.5 Å². The number of ether oxygens (including phenoxy) is 2. The Bertz CT molecular complexity index is 897. The molecule has 0 unspecified atom stereocenters. The van der Waals surface area contributed by atoms with Crippen LogP contribution < -0.4 is 14.8 Å². The fraction of sp³-hybridized carbons (Fsp3) is 0.222. The highest BCUT2D eigenvalue weighted by molar-refractivity contribution is 5.99. The van der Waals surface area contributed by atoms with E-state index in [1.807, 2.05) is 0 Å². The lowest BCUT2D eigenvalue weighted by molar-refractivity contribution is -0.123. The fourth-order valence-corrected chi connectivity index (χ4v) is 2.85. The molecule has 2 amide bonds. The summed E-state index contributed by atoms with van der Waals surface area (Å²) in [5.41, 5.74) is 0.356. The van der Waals surface area contributed by atoms with Crippen molar-refractivity contribution in [1.82, 2.24) is 4.90 Å². The average Bonchev–Trinajstić information content (AvgIpc) is 3.03. The molecule has 0 aromatic heterocycles. The Kier molecular flexibility index (Phi) is 3.95. The molecule has 134 valence electrons. The minimum atomic E-state index is -0.842. The van der Waals surface area contributed by atoms with Gasteiger partial charge in [0.1, 0.15) is 11.6 Å². The van der Waals surface area contributed by atoms with Gasteiger partial charge in [0.2, 0.25) is 12.7 Å². The number of hydrogen-bond donors (Lipinski definition) is 1. The fourth-order valence-electron chi connectivity index (χ4n) is 2.85. The number of carbonyl (C=O) groups excluding carboxylic acids is 2. The molecule has 0 spiro atoms. The van der Waals surface area contributed by atoms with E-state index in [4.69, 9.17) is 9.47 Å². The van der Waals surface area contributed by atoms with Crippen molar-refractivity contribution in [2.24, 2.45) is 5.92 Å². The summed E-state index contributed by atoms with van der Waals surface area (Å²) in [4.78, 5) is 26.1. The van der Waals surface area contributed by atoms with E-state index in [1.165, 1.54) is 4.90 Å². The quantitative estimate of drug-likeness (QED) is 0.913. The van der Waals surface area contributed by atoms with Crippen molar-refractivity contribution in [3.8, 4) is 11.5 Å². The average molecular weight is 360 g/mol. The summed E-state index contributed by atoms with van der Waals surface area (Å²) in [6.45, 7) is 0.572. The van der Waals surface area contributed by atoms with Gasteiger partial charge in [0.25, 0.3) is 5.91 Å². The van der Waals surface area contributed by atoms with Crippen LogP contribution in [0.3, 0.4) is 0 Å². The summed E-state index contributed by atoms with van der Waals surface area (Å²) in [6, 6.07) is 7.83. The smallest absolute Gasteiger partial charge is 0.254 e. The number of benzene rings is 2. The Morgan fingerprint density at radius 2 is 1.81 bits per heavy atom. The minimum absolute atomic E-state index is 0.0862. The molecule has 2 heterocycles. The van der Waals surface area contributed by atoms with Crippen LogP contribution in [-0.4, -0.2) is 36.6 Å². The normalized spacial score (nSPS) is 15.5. The number of likely N-dealkylation sites (tertiary alicyclic amines) is 1. The van der Waals surface area contributed by atoms with Crippen molar-refractivity contribution in [1.29, 1.82) is 0 Å². The van der Waals surface area contributed by atoms with Crippen LogP contribution in [0.2, 0.25) is 0 Å². The van der Waals surface area contributed by atoms with Gasteiger partial charge >= 0.3 is 0 Å². The summed E-state index contributed by atoms with van der Waals surface area (Å²) < 4.78 is 36.9. The summed E-state index contributed by atoms with van der Waals surface area (Å²) >= 11 is 0. The zero-order valence-electron chi connectivity index (χ0n) is 13.5. The molecule has 6 nitrogen and oxygen atoms in total. The molecular weight excluding hydrogens is 346 g/mol. The SMILES string of the molecule is O=C(Nc1ccc(F)cc1F)C1CN(C(=O)c2ccc3c(c2)OCO3)C1. The molecule has 2 aromatic rings. The molecule has 1 fully saturated rings. The third-order valence-corrected chi connectivity index (χ3v) is 4.35. The zero-order valence-corrected chi connectivity index (χ0v) is 13.5. The number of rotatable bonds is 3. The number of nitrogens with one attached hydrogen (secondary N) is 1. The molecule has 26 heavy (non-hydrogen) atoms. The second-order valence-electron chi connectivity index (χ2n) is 6.09. The summed E-state index contributed by atoms with van der Waals surface area (Å²) in [7, 11) is 0. The Morgan fingerprint density at radius 3 is 2.58 bits per heavy atom. The number of anilines is 1. The van der Waals surface area contributed by atoms with Crippen LogP contribution in [0.5, 0.6) is 11.5 Å². The lowest BCUT2D eigenvalue weighted by Gasteiger charge is -2.38. The summed E-state index contributed by atoms with van der Waals surface area (Å²) in [6.07, 6.45) is 0. The van der Waals surface area contributed by atoms with Crippen molar-refractivity contribution in [3.05, 3.63) is 53.6 Å². The maximum Gasteiger partial charge on any atom is 0.254 e. The monoisotopic (exact) mass is 360 g/mol. The molecule has 2 aromatic carbocycles. The Hall–Kier alpha value is -3.16. The van der Waals surface area contributed by atoms with Crippen LogP contribution in [0, 0.1) is 17.6 Å². The molecule has 0 atom stereocenters. The molecule has 0 bridgehead atoms. The maximum absolute atomic E-state index is 13.6. The van der Waals surface area contributed by atoms with Crippen LogP contribution >= 0.6 is 0 Å². The van der Waals surface area contributed by atoms with Crippen molar-refractivity contribution in [2.45, 2.75) is 0 Å². The van der Waals surface area contributed by atoms with E-state index >= 15 is 0 Å². The molecule has 2 aliphatic rings. The first-order valence-corrected chi connectivity index (χ1v) is 7.96. The number of halogens is 2. The predicted octanol–water partition coefficient (Wildman–Crippen LogP) is 2.40. The molecule has 1 saturated heterocycles. The van der Waals surface area contributed by atoms with Gasteiger partial charge in [0.15, 0.2) is 11.5 Å². The maximum atomic E-state index is 13.6. The Labute approximate surface area is 147 Å². The standard InChI is InChI=1S/C18H14F2N2O4/c19-12-2-3-14(13(20)6-12)21-17(23)11-7-22(8-11)18(24)10-1-4-15-16(5-10)26-9-25-15/h1-6,11H,7-9H2,(H,21,23). The molecule has 8 heteroatoms. The molecule has 1 N–H and O–H groups in total.